The summed E-state index contributed by atoms with van der Waals surface area (Å²) in [6.45, 7) is 1.54. The molecule has 1 amide bonds. The van der Waals surface area contributed by atoms with Gasteiger partial charge >= 0.3 is 0 Å². The number of carbonyl (C=O) groups is 1. The molecule has 0 aromatic heterocycles. The number of ether oxygens (including phenoxy) is 1. The van der Waals surface area contributed by atoms with Crippen molar-refractivity contribution in [3.05, 3.63) is 89.5 Å². The summed E-state index contributed by atoms with van der Waals surface area (Å²) in [6, 6.07) is 21.4. The molecule has 6 nitrogen and oxygen atoms in total. The number of para-hydroxylation sites is 2. The van der Waals surface area contributed by atoms with Crippen LogP contribution < -0.4 is 14.4 Å². The van der Waals surface area contributed by atoms with Crippen molar-refractivity contribution in [2.24, 2.45) is 0 Å². The average Bonchev–Trinajstić information content (AvgIpc) is 2.83. The minimum Gasteiger partial charge on any atom is -0.495 e. The molecule has 3 aromatic rings. The van der Waals surface area contributed by atoms with E-state index in [9.17, 15) is 13.2 Å². The number of aryl methyl sites for hydroxylation is 2. The molecule has 1 atom stereocenters. The van der Waals surface area contributed by atoms with Gasteiger partial charge in [0, 0.05) is 0 Å². The summed E-state index contributed by atoms with van der Waals surface area (Å²) >= 11 is 0. The number of carbonyl (C=O) groups excluding carboxylic acids is 1. The first-order valence-electron chi connectivity index (χ1n) is 11.0. The van der Waals surface area contributed by atoms with E-state index in [1.807, 2.05) is 25.1 Å². The predicted molar refractivity (Wildman–Crippen MR) is 129 cm³/mol. The first-order chi connectivity index (χ1) is 15.9. The Hall–Kier alpha value is -3.32. The third kappa shape index (κ3) is 4.88. The number of rotatable bonds is 7. The number of hydrogen-bond acceptors (Lipinski definition) is 4. The molecule has 0 unspecified atom stereocenters. The molecule has 172 valence electrons. The van der Waals surface area contributed by atoms with Crippen molar-refractivity contribution >= 4 is 21.6 Å². The van der Waals surface area contributed by atoms with E-state index >= 15 is 0 Å². The van der Waals surface area contributed by atoms with Gasteiger partial charge in [0.05, 0.1) is 23.7 Å². The topological polar surface area (TPSA) is 75.7 Å². The van der Waals surface area contributed by atoms with Gasteiger partial charge in [0.1, 0.15) is 12.3 Å². The summed E-state index contributed by atoms with van der Waals surface area (Å²) in [7, 11) is -2.53. The highest BCUT2D eigenvalue weighted by Gasteiger charge is 2.30. The number of nitrogens with zero attached hydrogens (tertiary/aromatic N) is 1. The van der Waals surface area contributed by atoms with E-state index < -0.39 is 10.0 Å². The highest BCUT2D eigenvalue weighted by Crippen LogP contribution is 2.33. The van der Waals surface area contributed by atoms with Crippen molar-refractivity contribution in [3.63, 3.8) is 0 Å². The molecule has 0 radical (unpaired) electrons. The monoisotopic (exact) mass is 464 g/mol. The molecule has 1 aliphatic rings. The Morgan fingerprint density at radius 2 is 1.73 bits per heavy atom. The lowest BCUT2D eigenvalue weighted by Crippen LogP contribution is -2.42. The molecule has 1 N–H and O–H groups in total. The normalized spacial score (nSPS) is 15.4. The molecule has 0 fully saturated rings. The SMILES string of the molecule is COc1ccccc1N(CC(=O)N[C@H]1CCCc2ccccc21)S(=O)(=O)c1ccc(C)cc1. The number of hydrogen-bond donors (Lipinski definition) is 1. The van der Waals surface area contributed by atoms with E-state index in [1.54, 1.807) is 48.5 Å². The van der Waals surface area contributed by atoms with Crippen molar-refractivity contribution in [1.82, 2.24) is 5.32 Å². The van der Waals surface area contributed by atoms with Crippen LogP contribution in [-0.2, 0) is 21.2 Å². The van der Waals surface area contributed by atoms with E-state index in [1.165, 1.54) is 12.7 Å². The first kappa shape index (κ1) is 22.9. The van der Waals surface area contributed by atoms with Crippen LogP contribution in [0.15, 0.2) is 77.7 Å². The number of methoxy groups -OCH3 is 1. The van der Waals surface area contributed by atoms with E-state index in [0.717, 1.165) is 34.7 Å². The third-order valence-electron chi connectivity index (χ3n) is 5.95. The van der Waals surface area contributed by atoms with Crippen LogP contribution in [0.25, 0.3) is 0 Å². The molecule has 0 saturated heterocycles. The second-order valence-electron chi connectivity index (χ2n) is 8.21. The average molecular weight is 465 g/mol. The van der Waals surface area contributed by atoms with Crippen LogP contribution in [0, 0.1) is 6.92 Å². The lowest BCUT2D eigenvalue weighted by molar-refractivity contribution is -0.120. The second-order valence-corrected chi connectivity index (χ2v) is 10.1. The molecule has 0 aliphatic heterocycles. The summed E-state index contributed by atoms with van der Waals surface area (Å²) in [6.07, 6.45) is 2.78. The third-order valence-corrected chi connectivity index (χ3v) is 7.73. The van der Waals surface area contributed by atoms with Gasteiger partial charge in [-0.15, -0.1) is 0 Å². The molecule has 0 spiro atoms. The lowest BCUT2D eigenvalue weighted by atomic mass is 9.88. The van der Waals surface area contributed by atoms with Crippen LogP contribution in [0.3, 0.4) is 0 Å². The number of nitrogens with one attached hydrogen (secondary N) is 1. The van der Waals surface area contributed by atoms with Crippen LogP contribution >= 0.6 is 0 Å². The van der Waals surface area contributed by atoms with Gasteiger partial charge in [-0.1, -0.05) is 54.1 Å². The van der Waals surface area contributed by atoms with Crippen molar-refractivity contribution in [1.29, 1.82) is 0 Å². The molecule has 7 heteroatoms. The van der Waals surface area contributed by atoms with E-state index in [2.05, 4.69) is 11.4 Å². The van der Waals surface area contributed by atoms with Gasteiger partial charge in [0.15, 0.2) is 0 Å². The van der Waals surface area contributed by atoms with Gasteiger partial charge < -0.3 is 10.1 Å². The molecule has 1 aliphatic carbocycles. The maximum atomic E-state index is 13.6. The number of fused-ring (bicyclic) bond motifs is 1. The van der Waals surface area contributed by atoms with Gasteiger partial charge in [-0.25, -0.2) is 8.42 Å². The summed E-state index contributed by atoms with van der Waals surface area (Å²) in [5.74, 6) is 0.0160. The zero-order valence-electron chi connectivity index (χ0n) is 18.8. The highest BCUT2D eigenvalue weighted by molar-refractivity contribution is 7.92. The van der Waals surface area contributed by atoms with E-state index in [4.69, 9.17) is 4.74 Å². The predicted octanol–water partition coefficient (Wildman–Crippen LogP) is 4.39. The van der Waals surface area contributed by atoms with E-state index in [-0.39, 0.29) is 23.4 Å². The van der Waals surface area contributed by atoms with Crippen LogP contribution in [0.1, 0.15) is 35.6 Å². The standard InChI is InChI=1S/C26H28N2O4S/c1-19-14-16-21(17-15-19)33(30,31)28(24-12-5-6-13-25(24)32-2)18-26(29)27-23-11-7-9-20-8-3-4-10-22(20)23/h3-6,8,10,12-17,23H,7,9,11,18H2,1-2H3,(H,27,29)/t23-/m0/s1. The van der Waals surface area contributed by atoms with Gasteiger partial charge in [0.2, 0.25) is 5.91 Å². The smallest absolute Gasteiger partial charge is 0.264 e. The Morgan fingerprint density at radius 1 is 1.03 bits per heavy atom. The molecule has 0 bridgehead atoms. The van der Waals surface area contributed by atoms with Crippen molar-refractivity contribution in [2.75, 3.05) is 18.0 Å². The summed E-state index contributed by atoms with van der Waals surface area (Å²) in [5, 5.41) is 3.06. The fourth-order valence-electron chi connectivity index (χ4n) is 4.25. The number of sulfonamides is 1. The highest BCUT2D eigenvalue weighted by atomic mass is 32.2. The van der Waals surface area contributed by atoms with E-state index in [0.29, 0.717) is 11.4 Å². The Morgan fingerprint density at radius 3 is 2.48 bits per heavy atom. The first-order valence-corrected chi connectivity index (χ1v) is 12.4. The fraction of sp³-hybridized carbons (Fsp3) is 0.269. The van der Waals surface area contributed by atoms with Crippen molar-refractivity contribution in [3.8, 4) is 5.75 Å². The molecule has 0 saturated carbocycles. The quantitative estimate of drug-likeness (QED) is 0.563. The summed E-state index contributed by atoms with van der Waals surface area (Å²) < 4.78 is 33.8. The summed E-state index contributed by atoms with van der Waals surface area (Å²) in [4.78, 5) is 13.3. The number of benzene rings is 3. The zero-order valence-corrected chi connectivity index (χ0v) is 19.6. The van der Waals surface area contributed by atoms with Crippen LogP contribution in [0.2, 0.25) is 0 Å². The van der Waals surface area contributed by atoms with Crippen LogP contribution in [-0.4, -0.2) is 28.0 Å². The number of anilines is 1. The Kier molecular flexibility index (Phi) is 6.70. The van der Waals surface area contributed by atoms with Gasteiger partial charge in [-0.3, -0.25) is 9.10 Å². The molecule has 4 rings (SSSR count). The van der Waals surface area contributed by atoms with Crippen LogP contribution in [0.4, 0.5) is 5.69 Å². The molecule has 3 aromatic carbocycles. The summed E-state index contributed by atoms with van der Waals surface area (Å²) in [5.41, 5.74) is 3.59. The Labute approximate surface area is 195 Å². The largest absolute Gasteiger partial charge is 0.495 e. The Bertz CT molecular complexity index is 1240. The molecule has 0 heterocycles. The Balaban J connectivity index is 1.66. The minimum atomic E-state index is -4.01. The molecular formula is C26H28N2O4S. The minimum absolute atomic E-state index is 0.120. The second kappa shape index (κ2) is 9.67. The maximum Gasteiger partial charge on any atom is 0.264 e. The van der Waals surface area contributed by atoms with Gasteiger partial charge in [-0.05, 0) is 61.6 Å². The fourth-order valence-corrected chi connectivity index (χ4v) is 5.68. The van der Waals surface area contributed by atoms with Gasteiger partial charge in [-0.2, -0.15) is 0 Å². The zero-order chi connectivity index (χ0) is 23.4. The maximum absolute atomic E-state index is 13.6. The van der Waals surface area contributed by atoms with Crippen molar-refractivity contribution < 1.29 is 17.9 Å². The van der Waals surface area contributed by atoms with Gasteiger partial charge in [0.25, 0.3) is 10.0 Å². The molecule has 33 heavy (non-hydrogen) atoms. The van der Waals surface area contributed by atoms with Crippen LogP contribution in [0.5, 0.6) is 5.75 Å². The lowest BCUT2D eigenvalue weighted by Gasteiger charge is -2.29. The van der Waals surface area contributed by atoms with Crippen molar-refractivity contribution in [2.45, 2.75) is 37.1 Å². The number of amides is 1. The molecular weight excluding hydrogens is 436 g/mol.